The summed E-state index contributed by atoms with van der Waals surface area (Å²) in [4.78, 5) is 8.16. The van der Waals surface area contributed by atoms with E-state index in [4.69, 9.17) is 0 Å². The van der Waals surface area contributed by atoms with E-state index in [9.17, 15) is 0 Å². The molecule has 0 aromatic carbocycles. The second-order valence-corrected chi connectivity index (χ2v) is 6.37. The lowest BCUT2D eigenvalue weighted by atomic mass is 9.93. The first-order valence-corrected chi connectivity index (χ1v) is 7.92. The van der Waals surface area contributed by atoms with Gasteiger partial charge in [-0.05, 0) is 65.2 Å². The number of hydrogen-bond donors (Lipinski definition) is 1. The van der Waals surface area contributed by atoms with Crippen molar-refractivity contribution in [2.45, 2.75) is 39.2 Å². The molecule has 1 fully saturated rings. The van der Waals surface area contributed by atoms with Crippen molar-refractivity contribution in [3.63, 3.8) is 0 Å². The average Bonchev–Trinajstić information content (AvgIpc) is 2.76. The Morgan fingerprint density at radius 2 is 2.22 bits per heavy atom. The maximum Gasteiger partial charge on any atom is 0.0798 e. The van der Waals surface area contributed by atoms with E-state index in [1.54, 1.807) is 11.3 Å². The Morgan fingerprint density at radius 1 is 1.44 bits per heavy atom. The SMILES string of the molecule is Cc1ncsc1CN(C)CCCC1CCNCC1. The van der Waals surface area contributed by atoms with Crippen LogP contribution in [0.2, 0.25) is 0 Å². The maximum absolute atomic E-state index is 4.31. The van der Waals surface area contributed by atoms with Gasteiger partial charge in [-0.1, -0.05) is 0 Å². The molecule has 1 aliphatic rings. The van der Waals surface area contributed by atoms with Crippen LogP contribution >= 0.6 is 11.3 Å². The van der Waals surface area contributed by atoms with Gasteiger partial charge in [-0.2, -0.15) is 0 Å². The van der Waals surface area contributed by atoms with Crippen LogP contribution in [0.15, 0.2) is 5.51 Å². The average molecular weight is 267 g/mol. The summed E-state index contributed by atoms with van der Waals surface area (Å²) in [5.74, 6) is 0.963. The molecule has 1 N–H and O–H groups in total. The van der Waals surface area contributed by atoms with Crippen molar-refractivity contribution in [2.75, 3.05) is 26.7 Å². The number of rotatable bonds is 6. The first kappa shape index (κ1) is 14.0. The number of nitrogens with zero attached hydrogens (tertiary/aromatic N) is 2. The van der Waals surface area contributed by atoms with Crippen LogP contribution in [0.3, 0.4) is 0 Å². The number of thiazole rings is 1. The van der Waals surface area contributed by atoms with Gasteiger partial charge in [0.2, 0.25) is 0 Å². The van der Waals surface area contributed by atoms with E-state index in [0.717, 1.165) is 12.5 Å². The molecule has 4 heteroatoms. The second-order valence-electron chi connectivity index (χ2n) is 5.43. The Kier molecular flexibility index (Phi) is 5.60. The molecule has 0 saturated carbocycles. The fourth-order valence-corrected chi connectivity index (χ4v) is 3.48. The van der Waals surface area contributed by atoms with E-state index >= 15 is 0 Å². The molecule has 0 spiro atoms. The summed E-state index contributed by atoms with van der Waals surface area (Å²) in [6.07, 6.45) is 5.47. The van der Waals surface area contributed by atoms with Gasteiger partial charge in [0.15, 0.2) is 0 Å². The molecule has 0 radical (unpaired) electrons. The molecule has 0 atom stereocenters. The lowest BCUT2D eigenvalue weighted by molar-refractivity contribution is 0.287. The van der Waals surface area contributed by atoms with Crippen LogP contribution in [0.1, 0.15) is 36.3 Å². The zero-order valence-corrected chi connectivity index (χ0v) is 12.4. The molecule has 0 amide bonds. The third-order valence-electron chi connectivity index (χ3n) is 3.87. The van der Waals surface area contributed by atoms with Crippen LogP contribution < -0.4 is 5.32 Å². The van der Waals surface area contributed by atoms with Gasteiger partial charge in [-0.3, -0.25) is 0 Å². The van der Waals surface area contributed by atoms with Crippen LogP contribution in [0.5, 0.6) is 0 Å². The van der Waals surface area contributed by atoms with Crippen molar-refractivity contribution in [3.05, 3.63) is 16.1 Å². The van der Waals surface area contributed by atoms with Crippen LogP contribution in [0.4, 0.5) is 0 Å². The van der Waals surface area contributed by atoms with Gasteiger partial charge in [0.1, 0.15) is 0 Å². The number of nitrogens with one attached hydrogen (secondary N) is 1. The highest BCUT2D eigenvalue weighted by atomic mass is 32.1. The van der Waals surface area contributed by atoms with Gasteiger partial charge < -0.3 is 10.2 Å². The van der Waals surface area contributed by atoms with Crippen molar-refractivity contribution in [1.29, 1.82) is 0 Å². The van der Waals surface area contributed by atoms with E-state index < -0.39 is 0 Å². The van der Waals surface area contributed by atoms with Crippen LogP contribution in [-0.4, -0.2) is 36.6 Å². The second kappa shape index (κ2) is 7.22. The quantitative estimate of drug-likeness (QED) is 0.859. The summed E-state index contributed by atoms with van der Waals surface area (Å²) in [6.45, 7) is 6.82. The summed E-state index contributed by atoms with van der Waals surface area (Å²) >= 11 is 1.78. The topological polar surface area (TPSA) is 28.2 Å². The van der Waals surface area contributed by atoms with Gasteiger partial charge in [0.25, 0.3) is 0 Å². The zero-order valence-electron chi connectivity index (χ0n) is 11.6. The summed E-state index contributed by atoms with van der Waals surface area (Å²) in [6, 6.07) is 0. The molecule has 1 saturated heterocycles. The Balaban J connectivity index is 1.62. The van der Waals surface area contributed by atoms with Gasteiger partial charge in [0, 0.05) is 11.4 Å². The zero-order chi connectivity index (χ0) is 12.8. The van der Waals surface area contributed by atoms with Crippen molar-refractivity contribution in [3.8, 4) is 0 Å². The Labute approximate surface area is 115 Å². The number of hydrogen-bond acceptors (Lipinski definition) is 4. The molecule has 2 rings (SSSR count). The van der Waals surface area contributed by atoms with Crippen molar-refractivity contribution in [2.24, 2.45) is 5.92 Å². The van der Waals surface area contributed by atoms with Gasteiger partial charge in [-0.25, -0.2) is 4.98 Å². The van der Waals surface area contributed by atoms with E-state index in [2.05, 4.69) is 29.2 Å². The molecule has 2 heterocycles. The molecule has 102 valence electrons. The lowest BCUT2D eigenvalue weighted by Crippen LogP contribution is -2.28. The van der Waals surface area contributed by atoms with Gasteiger partial charge in [0.05, 0.1) is 11.2 Å². The summed E-state index contributed by atoms with van der Waals surface area (Å²) < 4.78 is 0. The molecular weight excluding hydrogens is 242 g/mol. The molecule has 0 aliphatic carbocycles. The minimum Gasteiger partial charge on any atom is -0.317 e. The fraction of sp³-hybridized carbons (Fsp3) is 0.786. The van der Waals surface area contributed by atoms with Crippen LogP contribution in [0.25, 0.3) is 0 Å². The Bertz CT molecular complexity index is 345. The molecule has 1 aliphatic heterocycles. The van der Waals surface area contributed by atoms with E-state index in [1.165, 1.54) is 55.9 Å². The Hall–Kier alpha value is -0.450. The molecule has 18 heavy (non-hydrogen) atoms. The predicted molar refractivity (Wildman–Crippen MR) is 78.0 cm³/mol. The third kappa shape index (κ3) is 4.34. The minimum atomic E-state index is 0.963. The molecule has 0 unspecified atom stereocenters. The predicted octanol–water partition coefficient (Wildman–Crippen LogP) is 2.66. The molecule has 0 bridgehead atoms. The van der Waals surface area contributed by atoms with Gasteiger partial charge in [-0.15, -0.1) is 11.3 Å². The summed E-state index contributed by atoms with van der Waals surface area (Å²) in [5.41, 5.74) is 3.15. The Morgan fingerprint density at radius 3 is 2.89 bits per heavy atom. The molecular formula is C14H25N3S. The first-order valence-electron chi connectivity index (χ1n) is 7.04. The van der Waals surface area contributed by atoms with Crippen molar-refractivity contribution in [1.82, 2.24) is 15.2 Å². The standard InChI is InChI=1S/C14H25N3S/c1-12-14(18-11-16-12)10-17(2)9-3-4-13-5-7-15-8-6-13/h11,13,15H,3-10H2,1-2H3. The highest BCUT2D eigenvalue weighted by molar-refractivity contribution is 7.09. The van der Waals surface area contributed by atoms with E-state index in [-0.39, 0.29) is 0 Å². The summed E-state index contributed by atoms with van der Waals surface area (Å²) in [7, 11) is 2.22. The van der Waals surface area contributed by atoms with Gasteiger partial charge >= 0.3 is 0 Å². The van der Waals surface area contributed by atoms with Crippen molar-refractivity contribution >= 4 is 11.3 Å². The monoisotopic (exact) mass is 267 g/mol. The largest absolute Gasteiger partial charge is 0.317 e. The first-order chi connectivity index (χ1) is 8.75. The van der Waals surface area contributed by atoms with Crippen LogP contribution in [0, 0.1) is 12.8 Å². The molecule has 3 nitrogen and oxygen atoms in total. The van der Waals surface area contributed by atoms with Crippen LogP contribution in [-0.2, 0) is 6.54 Å². The maximum atomic E-state index is 4.31. The highest BCUT2D eigenvalue weighted by Crippen LogP contribution is 2.19. The number of piperidine rings is 1. The molecule has 1 aromatic heterocycles. The number of aromatic nitrogens is 1. The minimum absolute atomic E-state index is 0.963. The smallest absolute Gasteiger partial charge is 0.0798 e. The van der Waals surface area contributed by atoms with Crippen molar-refractivity contribution < 1.29 is 0 Å². The fourth-order valence-electron chi connectivity index (χ4n) is 2.62. The third-order valence-corrected chi connectivity index (χ3v) is 4.79. The number of aryl methyl sites for hydroxylation is 1. The lowest BCUT2D eigenvalue weighted by Gasteiger charge is -2.23. The van der Waals surface area contributed by atoms with E-state index in [1.807, 2.05) is 5.51 Å². The normalized spacial score (nSPS) is 17.5. The van der Waals surface area contributed by atoms with E-state index in [0.29, 0.717) is 0 Å². The molecule has 1 aromatic rings. The summed E-state index contributed by atoms with van der Waals surface area (Å²) in [5, 5.41) is 3.43. The highest BCUT2D eigenvalue weighted by Gasteiger charge is 2.13.